The Morgan fingerprint density at radius 1 is 0.455 bits per heavy atom. The zero-order chi connectivity index (χ0) is 22.0. The number of benzene rings is 4. The van der Waals surface area contributed by atoms with E-state index in [1.54, 1.807) is 0 Å². The van der Waals surface area contributed by atoms with Crippen molar-refractivity contribution in [1.29, 1.82) is 0 Å². The summed E-state index contributed by atoms with van der Waals surface area (Å²) in [7, 11) is 1.70. The second-order valence-corrected chi connectivity index (χ2v) is 12.1. The molecule has 0 nitrogen and oxygen atoms in total. The topological polar surface area (TPSA) is 0 Å². The van der Waals surface area contributed by atoms with Gasteiger partial charge in [-0.25, -0.2) is 0 Å². The molecule has 0 aliphatic heterocycles. The van der Waals surface area contributed by atoms with Gasteiger partial charge >= 0.3 is 0 Å². The van der Waals surface area contributed by atoms with Gasteiger partial charge in [0.15, 0.2) is 0 Å². The smallest absolute Gasteiger partial charge is 0.00590 e. The van der Waals surface area contributed by atoms with Gasteiger partial charge in [-0.2, -0.15) is 0 Å². The summed E-state index contributed by atoms with van der Waals surface area (Å²) in [5, 5.41) is 3.06. The maximum Gasteiger partial charge on any atom is -0.00590 e. The summed E-state index contributed by atoms with van der Waals surface area (Å²) in [4.78, 5) is 0. The van der Waals surface area contributed by atoms with E-state index in [4.69, 9.17) is 0 Å². The van der Waals surface area contributed by atoms with Crippen LogP contribution < -0.4 is 10.6 Å². The molecule has 1 fully saturated rings. The van der Waals surface area contributed by atoms with E-state index in [0.29, 0.717) is 0 Å². The fraction of sp³-hybridized carbons (Fsp3) is 0.161. The normalized spacial score (nSPS) is 23.9. The lowest BCUT2D eigenvalue weighted by Crippen LogP contribution is -2.27. The maximum absolute atomic E-state index is 2.53. The van der Waals surface area contributed by atoms with Crippen molar-refractivity contribution in [3.8, 4) is 22.3 Å². The van der Waals surface area contributed by atoms with E-state index in [0.717, 1.165) is 40.3 Å². The van der Waals surface area contributed by atoms with Gasteiger partial charge in [-0.1, -0.05) is 139 Å². The van der Waals surface area contributed by atoms with Crippen LogP contribution >= 0.6 is 17.2 Å². The van der Waals surface area contributed by atoms with Crippen LogP contribution in [0, 0.1) is 11.8 Å². The molecule has 1 saturated carbocycles. The van der Waals surface area contributed by atoms with Gasteiger partial charge < -0.3 is 0 Å². The molecule has 6 unspecified atom stereocenters. The van der Waals surface area contributed by atoms with Gasteiger partial charge in [-0.15, -0.1) is 0 Å². The molecule has 0 saturated heterocycles. The predicted molar refractivity (Wildman–Crippen MR) is 148 cm³/mol. The van der Waals surface area contributed by atoms with Gasteiger partial charge in [0.1, 0.15) is 0 Å². The standard InChI is InChI=1S/C31H28P2/c1-3-11-22(12-4-1)26-15-7-9-17-28(26)32-30-24-19-20-25(21-24)31(30)33-29-18-10-8-16-27(29)23-13-5-2-6-14-23/h1-20,24-25,30-33H,21H2. The van der Waals surface area contributed by atoms with Gasteiger partial charge in [0.25, 0.3) is 0 Å². The fourth-order valence-corrected chi connectivity index (χ4v) is 9.68. The lowest BCUT2D eigenvalue weighted by atomic mass is 10.1. The Morgan fingerprint density at radius 2 is 0.848 bits per heavy atom. The van der Waals surface area contributed by atoms with Gasteiger partial charge in [0.05, 0.1) is 0 Å². The van der Waals surface area contributed by atoms with Gasteiger partial charge in [0, 0.05) is 0 Å². The summed E-state index contributed by atoms with van der Waals surface area (Å²) in [5.74, 6) is 1.47. The van der Waals surface area contributed by atoms with Crippen LogP contribution in [0.3, 0.4) is 0 Å². The van der Waals surface area contributed by atoms with Gasteiger partial charge in [0.2, 0.25) is 0 Å². The second-order valence-electron chi connectivity index (χ2n) is 9.11. The molecule has 0 radical (unpaired) electrons. The summed E-state index contributed by atoms with van der Waals surface area (Å²) >= 11 is 0. The third-order valence-corrected chi connectivity index (χ3v) is 11.2. The molecule has 6 rings (SSSR count). The molecule has 0 aromatic heterocycles. The summed E-state index contributed by atoms with van der Waals surface area (Å²) in [6.07, 6.45) is 6.39. The van der Waals surface area contributed by atoms with E-state index >= 15 is 0 Å². The average Bonchev–Trinajstić information content (AvgIpc) is 3.49. The molecule has 0 amide bonds. The summed E-state index contributed by atoms with van der Waals surface area (Å²) < 4.78 is 0. The summed E-state index contributed by atoms with van der Waals surface area (Å²) in [6.45, 7) is 0. The lowest BCUT2D eigenvalue weighted by molar-refractivity contribution is 0.695. The Labute approximate surface area is 200 Å². The third kappa shape index (κ3) is 4.24. The average molecular weight is 463 g/mol. The van der Waals surface area contributed by atoms with E-state index in [9.17, 15) is 0 Å². The molecule has 2 aliphatic carbocycles. The maximum atomic E-state index is 2.53. The van der Waals surface area contributed by atoms with Crippen LogP contribution in [-0.2, 0) is 0 Å². The van der Waals surface area contributed by atoms with Crippen molar-refractivity contribution in [3.63, 3.8) is 0 Å². The Hall–Kier alpha value is -2.52. The van der Waals surface area contributed by atoms with Crippen LogP contribution in [0.15, 0.2) is 121 Å². The minimum atomic E-state index is 0.735. The van der Waals surface area contributed by atoms with Crippen LogP contribution in [0.5, 0.6) is 0 Å². The molecule has 4 aromatic rings. The quantitative estimate of drug-likeness (QED) is 0.209. The highest BCUT2D eigenvalue weighted by atomic mass is 31.1. The number of hydrogen-bond donors (Lipinski definition) is 0. The van der Waals surface area contributed by atoms with Crippen molar-refractivity contribution < 1.29 is 0 Å². The fourth-order valence-electron chi connectivity index (χ4n) is 5.53. The Kier molecular flexibility index (Phi) is 5.98. The van der Waals surface area contributed by atoms with Crippen molar-refractivity contribution in [2.75, 3.05) is 0 Å². The van der Waals surface area contributed by atoms with Crippen molar-refractivity contribution in [1.82, 2.24) is 0 Å². The zero-order valence-corrected chi connectivity index (χ0v) is 20.6. The van der Waals surface area contributed by atoms with Gasteiger partial charge in [-0.05, 0) is 62.4 Å². The predicted octanol–water partition coefficient (Wildman–Crippen LogP) is 7.27. The Morgan fingerprint density at radius 3 is 1.30 bits per heavy atom. The Balaban J connectivity index is 1.32. The molecule has 2 heteroatoms. The molecule has 33 heavy (non-hydrogen) atoms. The zero-order valence-electron chi connectivity index (χ0n) is 18.6. The largest absolute Gasteiger partial charge is 0.0853 e. The molecule has 162 valence electrons. The molecular weight excluding hydrogens is 434 g/mol. The first-order valence-corrected chi connectivity index (χ1v) is 14.0. The highest BCUT2D eigenvalue weighted by Crippen LogP contribution is 2.54. The SMILES string of the molecule is C1=CC2CC1C(Pc1ccccc1-c1ccccc1)C2Pc1ccccc1-c1ccccc1. The summed E-state index contributed by atoms with van der Waals surface area (Å²) in [6, 6.07) is 40.0. The minimum absolute atomic E-state index is 0.735. The molecule has 0 heterocycles. The van der Waals surface area contributed by atoms with Crippen LogP contribution in [0.4, 0.5) is 0 Å². The van der Waals surface area contributed by atoms with Crippen LogP contribution in [0.2, 0.25) is 0 Å². The molecular formula is C31H28P2. The first-order chi connectivity index (χ1) is 16.4. The van der Waals surface area contributed by atoms with Crippen molar-refractivity contribution in [2.24, 2.45) is 11.8 Å². The van der Waals surface area contributed by atoms with Crippen LogP contribution in [0.1, 0.15) is 6.42 Å². The van der Waals surface area contributed by atoms with Crippen LogP contribution in [0.25, 0.3) is 22.3 Å². The van der Waals surface area contributed by atoms with E-state index in [2.05, 4.69) is 121 Å². The molecule has 6 atom stereocenters. The van der Waals surface area contributed by atoms with E-state index in [1.165, 1.54) is 39.3 Å². The second kappa shape index (κ2) is 9.38. The van der Waals surface area contributed by atoms with Crippen molar-refractivity contribution in [2.45, 2.75) is 17.7 Å². The van der Waals surface area contributed by atoms with E-state index in [1.807, 2.05) is 0 Å². The number of rotatable bonds is 6. The molecule has 0 N–H and O–H groups in total. The molecule has 4 aromatic carbocycles. The van der Waals surface area contributed by atoms with Gasteiger partial charge in [-0.3, -0.25) is 0 Å². The van der Waals surface area contributed by atoms with Crippen molar-refractivity contribution in [3.05, 3.63) is 121 Å². The molecule has 2 bridgehead atoms. The number of hydrogen-bond acceptors (Lipinski definition) is 0. The molecule has 2 aliphatic rings. The third-order valence-electron chi connectivity index (χ3n) is 7.13. The molecule has 0 spiro atoms. The first-order valence-electron chi connectivity index (χ1n) is 11.9. The van der Waals surface area contributed by atoms with Crippen LogP contribution in [-0.4, -0.2) is 11.3 Å². The van der Waals surface area contributed by atoms with Crippen molar-refractivity contribution >= 4 is 27.8 Å². The highest BCUT2D eigenvalue weighted by Gasteiger charge is 2.44. The van der Waals surface area contributed by atoms with E-state index < -0.39 is 0 Å². The monoisotopic (exact) mass is 462 g/mol. The lowest BCUT2D eigenvalue weighted by Gasteiger charge is -2.30. The number of allylic oxidation sites excluding steroid dienone is 2. The minimum Gasteiger partial charge on any atom is -0.0853 e. The first kappa shape index (κ1) is 21.0. The number of fused-ring (bicyclic) bond motifs is 2. The summed E-state index contributed by atoms with van der Waals surface area (Å²) in [5.41, 5.74) is 6.99. The van der Waals surface area contributed by atoms with E-state index in [-0.39, 0.29) is 0 Å². The highest BCUT2D eigenvalue weighted by molar-refractivity contribution is 7.53. The Bertz CT molecular complexity index is 1160.